The van der Waals surface area contributed by atoms with Gasteiger partial charge in [0.2, 0.25) is 11.8 Å². The highest BCUT2D eigenvalue weighted by atomic mass is 16.6. The van der Waals surface area contributed by atoms with Crippen LogP contribution < -0.4 is 16.0 Å². The number of amides is 3. The number of esters is 1. The molecule has 0 aliphatic rings. The van der Waals surface area contributed by atoms with Crippen LogP contribution in [0.5, 0.6) is 0 Å². The standard InChI is InChI=1S/C21H31N3O7/c1-13(17(26)23-16(12-25)19(28)30-5)22-18(27)15(11-14-9-7-6-8-10-14)24-20(29)31-21(2,3)4/h6-10,13,15-16,25H,11-12H2,1-5H3,(H,22,27)(H,23,26)(H,24,29)/t13-,15+,16+/m0/s1. The van der Waals surface area contributed by atoms with Crippen LogP contribution in [0.15, 0.2) is 30.3 Å². The summed E-state index contributed by atoms with van der Waals surface area (Å²) in [6.07, 6.45) is -0.603. The maximum atomic E-state index is 12.8. The predicted molar refractivity (Wildman–Crippen MR) is 112 cm³/mol. The van der Waals surface area contributed by atoms with Crippen molar-refractivity contribution in [2.45, 2.75) is 57.8 Å². The van der Waals surface area contributed by atoms with Crippen molar-refractivity contribution >= 4 is 23.9 Å². The molecule has 0 heterocycles. The number of methoxy groups -OCH3 is 1. The van der Waals surface area contributed by atoms with Crippen LogP contribution in [0.2, 0.25) is 0 Å². The highest BCUT2D eigenvalue weighted by Crippen LogP contribution is 2.09. The number of carbonyl (C=O) groups excluding carboxylic acids is 4. The first-order chi connectivity index (χ1) is 14.5. The molecule has 1 rings (SSSR count). The predicted octanol–water partition coefficient (Wildman–Crippen LogP) is 0.277. The van der Waals surface area contributed by atoms with E-state index in [0.717, 1.165) is 12.7 Å². The SMILES string of the molecule is COC(=O)[C@@H](CO)NC(=O)[C@H](C)NC(=O)[C@@H](Cc1ccccc1)NC(=O)OC(C)(C)C. The number of hydrogen-bond donors (Lipinski definition) is 4. The number of hydrogen-bond acceptors (Lipinski definition) is 7. The van der Waals surface area contributed by atoms with E-state index >= 15 is 0 Å². The molecule has 31 heavy (non-hydrogen) atoms. The Morgan fingerprint density at radius 1 is 0.968 bits per heavy atom. The fraction of sp³-hybridized carbons (Fsp3) is 0.524. The van der Waals surface area contributed by atoms with Gasteiger partial charge in [0.1, 0.15) is 17.7 Å². The summed E-state index contributed by atoms with van der Waals surface area (Å²) in [5, 5.41) is 16.5. The molecule has 0 bridgehead atoms. The van der Waals surface area contributed by atoms with E-state index in [1.807, 2.05) is 6.07 Å². The van der Waals surface area contributed by atoms with Crippen molar-refractivity contribution < 1.29 is 33.8 Å². The maximum Gasteiger partial charge on any atom is 0.408 e. The summed E-state index contributed by atoms with van der Waals surface area (Å²) in [5.74, 6) is -2.13. The second kappa shape index (κ2) is 11.9. The van der Waals surface area contributed by atoms with E-state index in [1.165, 1.54) is 6.92 Å². The van der Waals surface area contributed by atoms with Crippen molar-refractivity contribution in [2.24, 2.45) is 0 Å². The van der Waals surface area contributed by atoms with Gasteiger partial charge in [-0.1, -0.05) is 30.3 Å². The van der Waals surface area contributed by atoms with Crippen LogP contribution in [0.3, 0.4) is 0 Å². The molecular weight excluding hydrogens is 406 g/mol. The molecule has 0 aliphatic carbocycles. The van der Waals surface area contributed by atoms with Gasteiger partial charge >= 0.3 is 12.1 Å². The van der Waals surface area contributed by atoms with Gasteiger partial charge in [0.25, 0.3) is 0 Å². The Kier molecular flexibility index (Phi) is 9.94. The highest BCUT2D eigenvalue weighted by molar-refractivity contribution is 5.93. The third kappa shape index (κ3) is 9.47. The van der Waals surface area contributed by atoms with Crippen molar-refractivity contribution in [3.63, 3.8) is 0 Å². The van der Waals surface area contributed by atoms with Gasteiger partial charge in [-0.05, 0) is 33.3 Å². The summed E-state index contributed by atoms with van der Waals surface area (Å²) in [5.41, 5.74) is 0.0416. The molecule has 0 saturated carbocycles. The first kappa shape index (κ1) is 25.9. The third-order valence-corrected chi connectivity index (χ3v) is 4.03. The molecule has 172 valence electrons. The molecule has 10 nitrogen and oxygen atoms in total. The van der Waals surface area contributed by atoms with Crippen molar-refractivity contribution in [3.8, 4) is 0 Å². The Morgan fingerprint density at radius 3 is 2.10 bits per heavy atom. The summed E-state index contributed by atoms with van der Waals surface area (Å²) < 4.78 is 9.72. The molecule has 0 saturated heterocycles. The summed E-state index contributed by atoms with van der Waals surface area (Å²) in [4.78, 5) is 48.8. The van der Waals surface area contributed by atoms with Crippen molar-refractivity contribution in [1.82, 2.24) is 16.0 Å². The molecule has 1 aromatic rings. The molecule has 0 spiro atoms. The second-order valence-corrected chi connectivity index (χ2v) is 7.89. The van der Waals surface area contributed by atoms with Gasteiger partial charge in [0.05, 0.1) is 13.7 Å². The maximum absolute atomic E-state index is 12.8. The molecule has 3 atom stereocenters. The molecule has 0 radical (unpaired) electrons. The van der Waals surface area contributed by atoms with E-state index in [4.69, 9.17) is 4.74 Å². The minimum absolute atomic E-state index is 0.168. The van der Waals surface area contributed by atoms with Gasteiger partial charge in [0.15, 0.2) is 6.04 Å². The van der Waals surface area contributed by atoms with Gasteiger partial charge in [-0.3, -0.25) is 9.59 Å². The van der Waals surface area contributed by atoms with Crippen molar-refractivity contribution in [1.29, 1.82) is 0 Å². The monoisotopic (exact) mass is 437 g/mol. The zero-order chi connectivity index (χ0) is 23.6. The van der Waals surface area contributed by atoms with Gasteiger partial charge < -0.3 is 30.5 Å². The van der Waals surface area contributed by atoms with E-state index in [-0.39, 0.29) is 6.42 Å². The number of ether oxygens (including phenoxy) is 2. The lowest BCUT2D eigenvalue weighted by Crippen LogP contribution is -2.56. The molecular formula is C21H31N3O7. The average Bonchev–Trinajstić information content (AvgIpc) is 2.69. The van der Waals surface area contributed by atoms with Crippen LogP contribution in [0.1, 0.15) is 33.3 Å². The van der Waals surface area contributed by atoms with Gasteiger partial charge in [-0.25, -0.2) is 9.59 Å². The van der Waals surface area contributed by atoms with Gasteiger partial charge in [0, 0.05) is 6.42 Å². The van der Waals surface area contributed by atoms with Crippen LogP contribution in [0.4, 0.5) is 4.79 Å². The van der Waals surface area contributed by atoms with Crippen LogP contribution in [0.25, 0.3) is 0 Å². The largest absolute Gasteiger partial charge is 0.467 e. The summed E-state index contributed by atoms with van der Waals surface area (Å²) in [7, 11) is 1.12. The average molecular weight is 437 g/mol. The number of alkyl carbamates (subject to hydrolysis) is 1. The van der Waals surface area contributed by atoms with Crippen LogP contribution in [0, 0.1) is 0 Å². The summed E-state index contributed by atoms with van der Waals surface area (Å²) in [6.45, 7) is 5.85. The van der Waals surface area contributed by atoms with Crippen LogP contribution in [-0.2, 0) is 30.3 Å². The Bertz CT molecular complexity index is 762. The number of carbonyl (C=O) groups is 4. The van der Waals surface area contributed by atoms with E-state index in [2.05, 4.69) is 20.7 Å². The fourth-order valence-corrected chi connectivity index (χ4v) is 2.51. The van der Waals surface area contributed by atoms with E-state index in [0.29, 0.717) is 0 Å². The molecule has 0 unspecified atom stereocenters. The zero-order valence-electron chi connectivity index (χ0n) is 18.4. The molecule has 0 aliphatic heterocycles. The third-order valence-electron chi connectivity index (χ3n) is 4.03. The van der Waals surface area contributed by atoms with Crippen LogP contribution in [-0.4, -0.2) is 66.4 Å². The first-order valence-electron chi connectivity index (χ1n) is 9.79. The first-order valence-corrected chi connectivity index (χ1v) is 9.79. The van der Waals surface area contributed by atoms with Crippen molar-refractivity contribution in [3.05, 3.63) is 35.9 Å². The number of rotatable bonds is 9. The van der Waals surface area contributed by atoms with Gasteiger partial charge in [-0.15, -0.1) is 0 Å². The Labute approximate surface area is 181 Å². The summed E-state index contributed by atoms with van der Waals surface area (Å²) in [6, 6.07) is 5.71. The number of nitrogens with one attached hydrogen (secondary N) is 3. The molecule has 10 heteroatoms. The minimum Gasteiger partial charge on any atom is -0.467 e. The molecule has 0 fully saturated rings. The Hall–Kier alpha value is -3.14. The minimum atomic E-state index is -1.25. The topological polar surface area (TPSA) is 143 Å². The van der Waals surface area contributed by atoms with E-state index in [1.54, 1.807) is 45.0 Å². The molecule has 4 N–H and O–H groups in total. The molecule has 0 aromatic heterocycles. The van der Waals surface area contributed by atoms with E-state index < -0.39 is 54.2 Å². The summed E-state index contributed by atoms with van der Waals surface area (Å²) >= 11 is 0. The second-order valence-electron chi connectivity index (χ2n) is 7.89. The lowest BCUT2D eigenvalue weighted by atomic mass is 10.0. The van der Waals surface area contributed by atoms with Crippen LogP contribution >= 0.6 is 0 Å². The quantitative estimate of drug-likeness (QED) is 0.406. The lowest BCUT2D eigenvalue weighted by molar-refractivity contribution is -0.146. The fourth-order valence-electron chi connectivity index (χ4n) is 2.51. The molecule has 1 aromatic carbocycles. The highest BCUT2D eigenvalue weighted by Gasteiger charge is 2.28. The number of benzene rings is 1. The lowest BCUT2D eigenvalue weighted by Gasteiger charge is -2.25. The normalized spacial score (nSPS) is 13.9. The Morgan fingerprint density at radius 2 is 1.58 bits per heavy atom. The smallest absolute Gasteiger partial charge is 0.408 e. The molecule has 3 amide bonds. The van der Waals surface area contributed by atoms with Gasteiger partial charge in [-0.2, -0.15) is 0 Å². The number of aliphatic hydroxyl groups is 1. The Balaban J connectivity index is 2.86. The zero-order valence-corrected chi connectivity index (χ0v) is 18.4. The van der Waals surface area contributed by atoms with Crippen molar-refractivity contribution in [2.75, 3.05) is 13.7 Å². The van der Waals surface area contributed by atoms with E-state index in [9.17, 15) is 24.3 Å². The number of aliphatic hydroxyl groups excluding tert-OH is 1.